The van der Waals surface area contributed by atoms with Crippen molar-refractivity contribution < 1.29 is 0 Å². The molecule has 0 aliphatic heterocycles. The maximum Gasteiger partial charge on any atom is 0.163 e. The highest BCUT2D eigenvalue weighted by molar-refractivity contribution is 8.93. The molecule has 0 bridgehead atoms. The third-order valence-electron chi connectivity index (χ3n) is 0.512. The van der Waals surface area contributed by atoms with Crippen molar-refractivity contribution in [3.8, 4) is 0 Å². The highest BCUT2D eigenvalue weighted by Gasteiger charge is 1.90. The van der Waals surface area contributed by atoms with E-state index in [2.05, 4.69) is 17.5 Å². The molecule has 0 spiro atoms. The van der Waals surface area contributed by atoms with Gasteiger partial charge in [0.2, 0.25) is 0 Å². The van der Waals surface area contributed by atoms with Gasteiger partial charge in [0.05, 0.1) is 6.17 Å². The van der Waals surface area contributed by atoms with Crippen LogP contribution in [0.1, 0.15) is 0 Å². The van der Waals surface area contributed by atoms with E-state index in [0.29, 0.717) is 6.54 Å². The summed E-state index contributed by atoms with van der Waals surface area (Å²) in [6.45, 7) is 0.426. The van der Waals surface area contributed by atoms with Gasteiger partial charge >= 0.3 is 0 Å². The SMILES string of the molecule is Br.NC(=S)NCC(N)N. The Kier molecular flexibility index (Phi) is 8.17. The molecule has 0 saturated carbocycles. The molecule has 0 aliphatic rings. The van der Waals surface area contributed by atoms with Gasteiger partial charge in [-0.05, 0) is 12.2 Å². The Labute approximate surface area is 69.9 Å². The van der Waals surface area contributed by atoms with Crippen LogP contribution in [0.4, 0.5) is 0 Å². The number of nitrogens with one attached hydrogen (secondary N) is 1. The van der Waals surface area contributed by atoms with Crippen molar-refractivity contribution in [2.45, 2.75) is 6.17 Å². The Hall–Kier alpha value is 0.0900. The van der Waals surface area contributed by atoms with Crippen LogP contribution in [-0.2, 0) is 0 Å². The van der Waals surface area contributed by atoms with E-state index in [0.717, 1.165) is 0 Å². The predicted octanol–water partition coefficient (Wildman–Crippen LogP) is -1.36. The molecular formula is C3H11BrN4S. The number of halogens is 1. The third-order valence-corrected chi connectivity index (χ3v) is 0.656. The normalized spacial score (nSPS) is 8.33. The van der Waals surface area contributed by atoms with Gasteiger partial charge in [-0.2, -0.15) is 0 Å². The van der Waals surface area contributed by atoms with Crippen LogP contribution in [0.25, 0.3) is 0 Å². The van der Waals surface area contributed by atoms with Crippen LogP contribution in [0.15, 0.2) is 0 Å². The van der Waals surface area contributed by atoms with Crippen molar-refractivity contribution in [3.05, 3.63) is 0 Å². The molecule has 6 heteroatoms. The van der Waals surface area contributed by atoms with Gasteiger partial charge in [-0.15, -0.1) is 17.0 Å². The van der Waals surface area contributed by atoms with Crippen LogP contribution in [-0.4, -0.2) is 17.8 Å². The first kappa shape index (κ1) is 11.8. The average molecular weight is 215 g/mol. The summed E-state index contributed by atoms with van der Waals surface area (Å²) in [6.07, 6.45) is -0.392. The van der Waals surface area contributed by atoms with Crippen molar-refractivity contribution in [3.63, 3.8) is 0 Å². The van der Waals surface area contributed by atoms with Gasteiger partial charge in [0.1, 0.15) is 0 Å². The first-order chi connectivity index (χ1) is 3.63. The van der Waals surface area contributed by atoms with Gasteiger partial charge in [0.15, 0.2) is 5.11 Å². The largest absolute Gasteiger partial charge is 0.376 e. The van der Waals surface area contributed by atoms with Crippen molar-refractivity contribution in [1.29, 1.82) is 0 Å². The molecule has 0 amide bonds. The first-order valence-electron chi connectivity index (χ1n) is 2.17. The van der Waals surface area contributed by atoms with E-state index in [1.807, 2.05) is 0 Å². The molecule has 0 aromatic heterocycles. The van der Waals surface area contributed by atoms with Gasteiger partial charge in [0, 0.05) is 6.54 Å². The standard InChI is InChI=1S/C3H10N4S.BrH/c4-2(5)1-7-3(6)8;/h2H,1,4-5H2,(H3,6,7,8);1H. The molecule has 0 atom stereocenters. The highest BCUT2D eigenvalue weighted by atomic mass is 79.9. The second-order valence-corrected chi connectivity index (χ2v) is 1.85. The molecule has 0 aliphatic carbocycles. The van der Waals surface area contributed by atoms with Crippen molar-refractivity contribution in [1.82, 2.24) is 5.32 Å². The van der Waals surface area contributed by atoms with E-state index >= 15 is 0 Å². The molecule has 7 N–H and O–H groups in total. The quantitative estimate of drug-likeness (QED) is 0.337. The van der Waals surface area contributed by atoms with Gasteiger partial charge in [-0.1, -0.05) is 0 Å². The summed E-state index contributed by atoms with van der Waals surface area (Å²) in [5.41, 5.74) is 15.3. The second-order valence-electron chi connectivity index (χ2n) is 1.41. The average Bonchev–Trinajstić information content (AvgIpc) is 1.61. The summed E-state index contributed by atoms with van der Waals surface area (Å²) in [7, 11) is 0. The highest BCUT2D eigenvalue weighted by Crippen LogP contribution is 1.59. The minimum absolute atomic E-state index is 0. The number of hydrogen-bond donors (Lipinski definition) is 4. The Morgan fingerprint density at radius 2 is 2.00 bits per heavy atom. The fraction of sp³-hybridized carbons (Fsp3) is 0.667. The van der Waals surface area contributed by atoms with Crippen LogP contribution >= 0.6 is 29.2 Å². The molecule has 0 radical (unpaired) electrons. The number of nitrogens with two attached hydrogens (primary N) is 3. The lowest BCUT2D eigenvalue weighted by Gasteiger charge is -2.05. The van der Waals surface area contributed by atoms with E-state index in [1.54, 1.807) is 0 Å². The van der Waals surface area contributed by atoms with Crippen molar-refractivity contribution in [2.24, 2.45) is 17.2 Å². The molecule has 0 aromatic rings. The summed E-state index contributed by atoms with van der Waals surface area (Å²) in [6, 6.07) is 0. The second kappa shape index (κ2) is 6.21. The summed E-state index contributed by atoms with van der Waals surface area (Å²) in [5.74, 6) is 0. The van der Waals surface area contributed by atoms with E-state index in [4.69, 9.17) is 17.2 Å². The minimum Gasteiger partial charge on any atom is -0.376 e. The van der Waals surface area contributed by atoms with Gasteiger partial charge in [0.25, 0.3) is 0 Å². The van der Waals surface area contributed by atoms with Crippen LogP contribution in [0.3, 0.4) is 0 Å². The summed E-state index contributed by atoms with van der Waals surface area (Å²) in [5, 5.41) is 2.83. The molecule has 56 valence electrons. The molecule has 0 rings (SSSR count). The smallest absolute Gasteiger partial charge is 0.163 e. The van der Waals surface area contributed by atoms with Crippen LogP contribution in [0.5, 0.6) is 0 Å². The van der Waals surface area contributed by atoms with Crippen LogP contribution in [0, 0.1) is 0 Å². The Bertz CT molecular complexity index is 85.9. The Morgan fingerprint density at radius 1 is 1.56 bits per heavy atom. The molecule has 0 saturated heterocycles. The molecular weight excluding hydrogens is 204 g/mol. The van der Waals surface area contributed by atoms with E-state index in [1.165, 1.54) is 0 Å². The zero-order valence-corrected chi connectivity index (χ0v) is 7.36. The lowest BCUT2D eigenvalue weighted by Crippen LogP contribution is -2.44. The number of rotatable bonds is 2. The molecule has 0 heterocycles. The zero-order chi connectivity index (χ0) is 6.57. The van der Waals surface area contributed by atoms with Crippen LogP contribution < -0.4 is 22.5 Å². The van der Waals surface area contributed by atoms with Crippen molar-refractivity contribution in [2.75, 3.05) is 6.54 Å². The van der Waals surface area contributed by atoms with Gasteiger partial charge in [-0.25, -0.2) is 0 Å². The number of thiocarbonyl (C=S) groups is 1. The predicted molar refractivity (Wildman–Crippen MR) is 47.3 cm³/mol. The summed E-state index contributed by atoms with van der Waals surface area (Å²) >= 11 is 4.47. The molecule has 4 nitrogen and oxygen atoms in total. The van der Waals surface area contributed by atoms with Gasteiger partial charge < -0.3 is 22.5 Å². The summed E-state index contributed by atoms with van der Waals surface area (Å²) < 4.78 is 0. The maximum absolute atomic E-state index is 5.14. The molecule has 0 aromatic carbocycles. The van der Waals surface area contributed by atoms with Crippen molar-refractivity contribution >= 4 is 34.3 Å². The molecule has 0 unspecified atom stereocenters. The third kappa shape index (κ3) is 11.6. The topological polar surface area (TPSA) is 90.1 Å². The Morgan fingerprint density at radius 3 is 2.11 bits per heavy atom. The van der Waals surface area contributed by atoms with Crippen LogP contribution in [0.2, 0.25) is 0 Å². The number of hydrogen-bond acceptors (Lipinski definition) is 3. The lowest BCUT2D eigenvalue weighted by molar-refractivity contribution is 0.677. The van der Waals surface area contributed by atoms with E-state index in [9.17, 15) is 0 Å². The van der Waals surface area contributed by atoms with Gasteiger partial charge in [-0.3, -0.25) is 0 Å². The minimum atomic E-state index is -0.392. The molecule has 9 heavy (non-hydrogen) atoms. The summed E-state index contributed by atoms with van der Waals surface area (Å²) in [4.78, 5) is 0. The maximum atomic E-state index is 5.14. The first-order valence-corrected chi connectivity index (χ1v) is 2.58. The fourth-order valence-corrected chi connectivity index (χ4v) is 0.302. The van der Waals surface area contributed by atoms with E-state index < -0.39 is 6.17 Å². The monoisotopic (exact) mass is 214 g/mol. The zero-order valence-electron chi connectivity index (χ0n) is 4.83. The molecule has 0 fully saturated rings. The fourth-order valence-electron chi connectivity index (χ4n) is 0.218. The Balaban J connectivity index is 0. The lowest BCUT2D eigenvalue weighted by atomic mass is 10.5. The van der Waals surface area contributed by atoms with E-state index in [-0.39, 0.29) is 22.1 Å².